The van der Waals surface area contributed by atoms with Crippen molar-refractivity contribution in [1.82, 2.24) is 0 Å². The van der Waals surface area contributed by atoms with E-state index in [9.17, 15) is 9.59 Å². The number of ether oxygens (including phenoxy) is 2. The zero-order chi connectivity index (χ0) is 12.8. The zero-order valence-corrected chi connectivity index (χ0v) is 9.62. The number of ketones is 1. The fourth-order valence-corrected chi connectivity index (χ4v) is 1.22. The van der Waals surface area contributed by atoms with Crippen molar-refractivity contribution in [3.05, 3.63) is 35.9 Å². The van der Waals surface area contributed by atoms with Crippen molar-refractivity contribution in [2.45, 2.75) is 26.4 Å². The molecule has 0 aromatic heterocycles. The number of esters is 1. The van der Waals surface area contributed by atoms with E-state index in [1.807, 2.05) is 0 Å². The van der Waals surface area contributed by atoms with Crippen LogP contribution in [0.1, 0.15) is 24.2 Å². The molecule has 1 rings (SSSR count). The van der Waals surface area contributed by atoms with Gasteiger partial charge in [0.2, 0.25) is 6.29 Å². The maximum Gasteiger partial charge on any atom is 0.381 e. The summed E-state index contributed by atoms with van der Waals surface area (Å²) in [4.78, 5) is 23.0. The van der Waals surface area contributed by atoms with Crippen molar-refractivity contribution in [2.24, 2.45) is 0 Å². The van der Waals surface area contributed by atoms with Crippen molar-refractivity contribution in [3.8, 4) is 0 Å². The number of carbonyl (C=O) groups excluding carboxylic acids is 2. The fourth-order valence-electron chi connectivity index (χ4n) is 1.22. The van der Waals surface area contributed by atoms with E-state index in [-0.39, 0.29) is 5.56 Å². The normalized spacial score (nSPS) is 13.8. The van der Waals surface area contributed by atoms with Gasteiger partial charge >= 0.3 is 5.97 Å². The van der Waals surface area contributed by atoms with Crippen LogP contribution in [0.4, 0.5) is 0 Å². The zero-order valence-electron chi connectivity index (χ0n) is 9.62. The standard InChI is InChI=1S/C12H14O5/c1-8(13)16-9(2)17-12(15)11(14)10-6-4-3-5-7-10/h3-9,13H,1-2H3. The molecule has 0 aliphatic rings. The van der Waals surface area contributed by atoms with Crippen LogP contribution in [-0.4, -0.2) is 29.4 Å². The summed E-state index contributed by atoms with van der Waals surface area (Å²) < 4.78 is 9.47. The Morgan fingerprint density at radius 1 is 1.18 bits per heavy atom. The molecule has 17 heavy (non-hydrogen) atoms. The Balaban J connectivity index is 2.57. The van der Waals surface area contributed by atoms with Crippen molar-refractivity contribution in [2.75, 3.05) is 0 Å². The van der Waals surface area contributed by atoms with Gasteiger partial charge in [0.1, 0.15) is 0 Å². The van der Waals surface area contributed by atoms with Gasteiger partial charge in [0, 0.05) is 5.56 Å². The fraction of sp³-hybridized carbons (Fsp3) is 0.333. The highest BCUT2D eigenvalue weighted by atomic mass is 16.7. The van der Waals surface area contributed by atoms with Crippen LogP contribution in [0.25, 0.3) is 0 Å². The third kappa shape index (κ3) is 4.34. The van der Waals surface area contributed by atoms with Gasteiger partial charge in [-0.3, -0.25) is 4.79 Å². The summed E-state index contributed by atoms with van der Waals surface area (Å²) in [6.07, 6.45) is -2.04. The van der Waals surface area contributed by atoms with Gasteiger partial charge in [0.25, 0.3) is 5.78 Å². The molecule has 0 aliphatic carbocycles. The van der Waals surface area contributed by atoms with Crippen molar-refractivity contribution in [3.63, 3.8) is 0 Å². The SMILES string of the molecule is CC(O)OC(C)OC(=O)C(=O)c1ccccc1. The molecule has 5 nitrogen and oxygen atoms in total. The van der Waals surface area contributed by atoms with Crippen LogP contribution in [0.3, 0.4) is 0 Å². The topological polar surface area (TPSA) is 72.8 Å². The predicted molar refractivity (Wildman–Crippen MR) is 59.1 cm³/mol. The largest absolute Gasteiger partial charge is 0.430 e. The first-order valence-electron chi connectivity index (χ1n) is 5.14. The number of benzene rings is 1. The number of rotatable bonds is 5. The summed E-state index contributed by atoms with van der Waals surface area (Å²) in [6.45, 7) is 2.80. The second-order valence-electron chi connectivity index (χ2n) is 3.40. The van der Waals surface area contributed by atoms with Crippen LogP contribution in [0.5, 0.6) is 0 Å². The van der Waals surface area contributed by atoms with Crippen LogP contribution < -0.4 is 0 Å². The molecule has 2 atom stereocenters. The summed E-state index contributed by atoms with van der Waals surface area (Å²) in [5.74, 6) is -1.75. The summed E-state index contributed by atoms with van der Waals surface area (Å²) in [6, 6.07) is 8.07. The molecule has 0 amide bonds. The molecule has 0 aliphatic heterocycles. The monoisotopic (exact) mass is 238 g/mol. The smallest absolute Gasteiger partial charge is 0.381 e. The maximum absolute atomic E-state index is 11.6. The molecule has 0 bridgehead atoms. The van der Waals surface area contributed by atoms with Crippen LogP contribution in [-0.2, 0) is 14.3 Å². The Labute approximate surface area is 99.0 Å². The van der Waals surface area contributed by atoms with Gasteiger partial charge in [-0.05, 0) is 13.8 Å². The second-order valence-corrected chi connectivity index (χ2v) is 3.40. The number of hydrogen-bond acceptors (Lipinski definition) is 5. The van der Waals surface area contributed by atoms with Gasteiger partial charge < -0.3 is 14.6 Å². The third-order valence-electron chi connectivity index (χ3n) is 1.88. The summed E-state index contributed by atoms with van der Waals surface area (Å²) in [5.41, 5.74) is 0.252. The van der Waals surface area contributed by atoms with Gasteiger partial charge in [-0.15, -0.1) is 0 Å². The second kappa shape index (κ2) is 6.12. The number of carbonyl (C=O) groups is 2. The minimum atomic E-state index is -1.07. The lowest BCUT2D eigenvalue weighted by Gasteiger charge is -2.15. The van der Waals surface area contributed by atoms with Crippen LogP contribution in [0.2, 0.25) is 0 Å². The van der Waals surface area contributed by atoms with Crippen LogP contribution in [0, 0.1) is 0 Å². The Bertz CT molecular complexity index is 385. The Hall–Kier alpha value is -1.72. The molecule has 5 heteroatoms. The van der Waals surface area contributed by atoms with Crippen molar-refractivity contribution >= 4 is 11.8 Å². The summed E-state index contributed by atoms with van der Waals surface area (Å²) in [7, 11) is 0. The minimum absolute atomic E-state index is 0.252. The summed E-state index contributed by atoms with van der Waals surface area (Å²) >= 11 is 0. The Morgan fingerprint density at radius 2 is 1.76 bits per heavy atom. The Kier molecular flexibility index (Phi) is 4.81. The number of hydrogen-bond donors (Lipinski definition) is 1. The predicted octanol–water partition coefficient (Wildman–Crippen LogP) is 1.11. The molecular weight excluding hydrogens is 224 g/mol. The van der Waals surface area contributed by atoms with Crippen LogP contribution in [0.15, 0.2) is 30.3 Å². The molecule has 1 aromatic carbocycles. The number of aliphatic hydroxyl groups excluding tert-OH is 1. The lowest BCUT2D eigenvalue weighted by Crippen LogP contribution is -2.27. The summed E-state index contributed by atoms with van der Waals surface area (Å²) in [5, 5.41) is 8.89. The highest BCUT2D eigenvalue weighted by Gasteiger charge is 2.20. The molecule has 1 N–H and O–H groups in total. The first-order valence-corrected chi connectivity index (χ1v) is 5.14. The number of Topliss-reactive ketones (excluding diaryl/α,β-unsaturated/α-hetero) is 1. The molecular formula is C12H14O5. The average molecular weight is 238 g/mol. The lowest BCUT2D eigenvalue weighted by molar-refractivity contribution is -0.211. The Morgan fingerprint density at radius 3 is 2.29 bits per heavy atom. The van der Waals surface area contributed by atoms with E-state index >= 15 is 0 Å². The highest BCUT2D eigenvalue weighted by molar-refractivity contribution is 6.40. The molecule has 0 spiro atoms. The average Bonchev–Trinajstić information content (AvgIpc) is 2.28. The molecule has 0 fully saturated rings. The van der Waals surface area contributed by atoms with E-state index in [1.165, 1.54) is 26.0 Å². The van der Waals surface area contributed by atoms with E-state index in [0.29, 0.717) is 0 Å². The molecule has 0 saturated carbocycles. The van der Waals surface area contributed by atoms with E-state index < -0.39 is 24.3 Å². The van der Waals surface area contributed by atoms with Crippen molar-refractivity contribution in [1.29, 1.82) is 0 Å². The maximum atomic E-state index is 11.6. The molecule has 0 heterocycles. The first-order chi connectivity index (χ1) is 8.00. The quantitative estimate of drug-likeness (QED) is 0.360. The molecule has 0 radical (unpaired) electrons. The minimum Gasteiger partial charge on any atom is -0.430 e. The van der Waals surface area contributed by atoms with Gasteiger partial charge in [-0.1, -0.05) is 30.3 Å². The highest BCUT2D eigenvalue weighted by Crippen LogP contribution is 2.04. The van der Waals surface area contributed by atoms with Gasteiger partial charge in [0.05, 0.1) is 0 Å². The van der Waals surface area contributed by atoms with E-state index in [0.717, 1.165) is 0 Å². The first kappa shape index (κ1) is 13.3. The van der Waals surface area contributed by atoms with Gasteiger partial charge in [0.15, 0.2) is 6.29 Å². The van der Waals surface area contributed by atoms with E-state index in [2.05, 4.69) is 0 Å². The molecule has 2 unspecified atom stereocenters. The molecule has 92 valence electrons. The molecule has 1 aromatic rings. The van der Waals surface area contributed by atoms with E-state index in [4.69, 9.17) is 14.6 Å². The number of aliphatic hydroxyl groups is 1. The van der Waals surface area contributed by atoms with Gasteiger partial charge in [-0.25, -0.2) is 4.79 Å². The van der Waals surface area contributed by atoms with Crippen molar-refractivity contribution < 1.29 is 24.2 Å². The third-order valence-corrected chi connectivity index (χ3v) is 1.88. The molecule has 0 saturated heterocycles. The van der Waals surface area contributed by atoms with E-state index in [1.54, 1.807) is 18.2 Å². The van der Waals surface area contributed by atoms with Gasteiger partial charge in [-0.2, -0.15) is 0 Å². The lowest BCUT2D eigenvalue weighted by atomic mass is 10.1. The van der Waals surface area contributed by atoms with Crippen LogP contribution >= 0.6 is 0 Å².